The molecule has 0 atom stereocenters. The van der Waals surface area contributed by atoms with Crippen molar-refractivity contribution in [1.82, 2.24) is 4.98 Å². The van der Waals surface area contributed by atoms with E-state index in [1.54, 1.807) is 12.1 Å². The highest BCUT2D eigenvalue weighted by Gasteiger charge is 2.16. The topological polar surface area (TPSA) is 45.9 Å². The number of nitriles is 1. The quantitative estimate of drug-likeness (QED) is 0.779. The Morgan fingerprint density at radius 3 is 2.67 bits per heavy atom. The van der Waals surface area contributed by atoms with Crippen LogP contribution >= 0.6 is 11.6 Å². The summed E-state index contributed by atoms with van der Waals surface area (Å²) >= 11 is 5.68. The molecule has 0 saturated carbocycles. The average molecular weight is 263 g/mol. The molecule has 0 saturated heterocycles. The maximum absolute atomic E-state index is 13.9. The van der Waals surface area contributed by atoms with Crippen LogP contribution in [0.4, 0.5) is 4.39 Å². The molecule has 3 nitrogen and oxygen atoms in total. The Morgan fingerprint density at radius 2 is 2.11 bits per heavy atom. The van der Waals surface area contributed by atoms with Crippen molar-refractivity contribution in [2.24, 2.45) is 0 Å². The van der Waals surface area contributed by atoms with Gasteiger partial charge >= 0.3 is 0 Å². The highest BCUT2D eigenvalue weighted by Crippen LogP contribution is 2.35. The summed E-state index contributed by atoms with van der Waals surface area (Å²) in [4.78, 5) is 3.89. The average Bonchev–Trinajstić information content (AvgIpc) is 2.39. The monoisotopic (exact) mass is 262 g/mol. The van der Waals surface area contributed by atoms with Gasteiger partial charge in [-0.05, 0) is 24.3 Å². The van der Waals surface area contributed by atoms with Gasteiger partial charge < -0.3 is 4.74 Å². The third-order valence-electron chi connectivity index (χ3n) is 2.45. The highest BCUT2D eigenvalue weighted by atomic mass is 35.5. The van der Waals surface area contributed by atoms with Gasteiger partial charge in [0.15, 0.2) is 0 Å². The lowest BCUT2D eigenvalue weighted by Gasteiger charge is -2.11. The van der Waals surface area contributed by atoms with E-state index in [9.17, 15) is 4.39 Å². The molecule has 2 rings (SSSR count). The Bertz CT molecular complexity index is 620. The van der Waals surface area contributed by atoms with Crippen molar-refractivity contribution in [3.8, 4) is 22.9 Å². The van der Waals surface area contributed by atoms with Gasteiger partial charge in [-0.15, -0.1) is 0 Å². The van der Waals surface area contributed by atoms with Crippen LogP contribution in [-0.2, 0) is 0 Å². The van der Waals surface area contributed by atoms with Crippen molar-refractivity contribution in [3.05, 3.63) is 47.0 Å². The van der Waals surface area contributed by atoms with Crippen LogP contribution in [0.15, 0.2) is 30.5 Å². The van der Waals surface area contributed by atoms with Gasteiger partial charge in [0.05, 0.1) is 18.2 Å². The number of methoxy groups -OCH3 is 1. The van der Waals surface area contributed by atoms with Crippen molar-refractivity contribution in [2.45, 2.75) is 0 Å². The fourth-order valence-corrected chi connectivity index (χ4v) is 1.76. The number of benzene rings is 1. The number of hydrogen-bond donors (Lipinski definition) is 0. The van der Waals surface area contributed by atoms with E-state index < -0.39 is 5.82 Å². The molecule has 0 radical (unpaired) electrons. The van der Waals surface area contributed by atoms with E-state index in [-0.39, 0.29) is 16.9 Å². The Kier molecular flexibility index (Phi) is 3.45. The van der Waals surface area contributed by atoms with Gasteiger partial charge in [0.25, 0.3) is 0 Å². The van der Waals surface area contributed by atoms with Crippen LogP contribution in [0.1, 0.15) is 5.56 Å². The van der Waals surface area contributed by atoms with E-state index in [1.165, 1.54) is 25.4 Å². The number of nitrogens with zero attached hydrogens (tertiary/aromatic N) is 2. The Labute approximate surface area is 108 Å². The van der Waals surface area contributed by atoms with Crippen molar-refractivity contribution in [2.75, 3.05) is 7.11 Å². The van der Waals surface area contributed by atoms with Gasteiger partial charge in [-0.25, -0.2) is 9.37 Å². The number of ether oxygens (including phenoxy) is 1. The van der Waals surface area contributed by atoms with E-state index in [2.05, 4.69) is 4.98 Å². The predicted octanol–water partition coefficient (Wildman–Crippen LogP) is 3.42. The van der Waals surface area contributed by atoms with E-state index in [1.807, 2.05) is 6.07 Å². The fraction of sp³-hybridized carbons (Fsp3) is 0.0769. The first-order chi connectivity index (χ1) is 8.67. The summed E-state index contributed by atoms with van der Waals surface area (Å²) in [5, 5.41) is 9.28. The minimum atomic E-state index is -0.477. The molecule has 0 spiro atoms. The number of rotatable bonds is 2. The summed E-state index contributed by atoms with van der Waals surface area (Å²) < 4.78 is 19.0. The van der Waals surface area contributed by atoms with E-state index in [4.69, 9.17) is 21.6 Å². The van der Waals surface area contributed by atoms with Crippen LogP contribution in [0.2, 0.25) is 5.15 Å². The summed E-state index contributed by atoms with van der Waals surface area (Å²) in [7, 11) is 1.39. The van der Waals surface area contributed by atoms with Crippen molar-refractivity contribution < 1.29 is 9.13 Å². The largest absolute Gasteiger partial charge is 0.495 e. The first-order valence-electron chi connectivity index (χ1n) is 5.06. The first kappa shape index (κ1) is 12.3. The summed E-state index contributed by atoms with van der Waals surface area (Å²) in [5.41, 5.74) is 0.982. The van der Waals surface area contributed by atoms with E-state index >= 15 is 0 Å². The van der Waals surface area contributed by atoms with Gasteiger partial charge in [0.1, 0.15) is 22.8 Å². The molecule has 1 heterocycles. The molecule has 0 amide bonds. The van der Waals surface area contributed by atoms with Crippen LogP contribution in [0.3, 0.4) is 0 Å². The maximum atomic E-state index is 13.9. The molecule has 0 unspecified atom stereocenters. The smallest absolute Gasteiger partial charge is 0.147 e. The summed E-state index contributed by atoms with van der Waals surface area (Å²) in [6, 6.07) is 7.73. The lowest BCUT2D eigenvalue weighted by molar-refractivity contribution is 0.412. The van der Waals surface area contributed by atoms with Crippen LogP contribution in [0, 0.1) is 17.1 Å². The molecule has 1 aromatic carbocycles. The second kappa shape index (κ2) is 5.03. The number of pyridine rings is 1. The molecule has 2 aromatic rings. The lowest BCUT2D eigenvalue weighted by Crippen LogP contribution is -1.95. The Morgan fingerprint density at radius 1 is 1.33 bits per heavy atom. The zero-order valence-electron chi connectivity index (χ0n) is 9.45. The van der Waals surface area contributed by atoms with Crippen molar-refractivity contribution in [1.29, 1.82) is 5.26 Å². The molecule has 18 heavy (non-hydrogen) atoms. The fourth-order valence-electron chi connectivity index (χ4n) is 1.65. The standard InChI is InChI=1S/C13H8ClFN2O/c1-18-13-8(6-16)2-4-10(15)12(13)9-3-5-11(14)17-7-9/h2-5,7H,1H3. The molecule has 0 fully saturated rings. The van der Waals surface area contributed by atoms with Gasteiger partial charge in [0.2, 0.25) is 0 Å². The predicted molar refractivity (Wildman–Crippen MR) is 65.9 cm³/mol. The Hall–Kier alpha value is -2.12. The molecular formula is C13H8ClFN2O. The summed E-state index contributed by atoms with van der Waals surface area (Å²) in [6.07, 6.45) is 1.43. The molecule has 0 aliphatic carbocycles. The number of hydrogen-bond acceptors (Lipinski definition) is 3. The van der Waals surface area contributed by atoms with Gasteiger partial charge in [-0.1, -0.05) is 11.6 Å². The number of aromatic nitrogens is 1. The molecule has 90 valence electrons. The molecule has 0 bridgehead atoms. The number of halogens is 2. The van der Waals surface area contributed by atoms with Gasteiger partial charge in [0, 0.05) is 11.8 Å². The van der Waals surface area contributed by atoms with E-state index in [0.717, 1.165) is 0 Å². The van der Waals surface area contributed by atoms with E-state index in [0.29, 0.717) is 10.7 Å². The second-order valence-electron chi connectivity index (χ2n) is 3.48. The summed E-state index contributed by atoms with van der Waals surface area (Å²) in [6.45, 7) is 0. The zero-order chi connectivity index (χ0) is 13.1. The van der Waals surface area contributed by atoms with Crippen LogP contribution < -0.4 is 4.74 Å². The van der Waals surface area contributed by atoms with Crippen molar-refractivity contribution in [3.63, 3.8) is 0 Å². The minimum Gasteiger partial charge on any atom is -0.495 e. The third-order valence-corrected chi connectivity index (χ3v) is 2.67. The SMILES string of the molecule is COc1c(C#N)ccc(F)c1-c1ccc(Cl)nc1. The normalized spacial score (nSPS) is 9.89. The lowest BCUT2D eigenvalue weighted by atomic mass is 10.0. The molecule has 1 aromatic heterocycles. The molecule has 0 N–H and O–H groups in total. The third kappa shape index (κ3) is 2.13. The van der Waals surface area contributed by atoms with Crippen LogP contribution in [-0.4, -0.2) is 12.1 Å². The van der Waals surface area contributed by atoms with Crippen LogP contribution in [0.25, 0.3) is 11.1 Å². The Balaban J connectivity index is 2.70. The maximum Gasteiger partial charge on any atom is 0.147 e. The molecule has 0 aliphatic rings. The zero-order valence-corrected chi connectivity index (χ0v) is 10.2. The van der Waals surface area contributed by atoms with Crippen molar-refractivity contribution >= 4 is 11.6 Å². The minimum absolute atomic E-state index is 0.196. The first-order valence-corrected chi connectivity index (χ1v) is 5.43. The second-order valence-corrected chi connectivity index (χ2v) is 3.87. The van der Waals surface area contributed by atoms with Gasteiger partial charge in [-0.2, -0.15) is 5.26 Å². The van der Waals surface area contributed by atoms with Gasteiger partial charge in [-0.3, -0.25) is 0 Å². The van der Waals surface area contributed by atoms with Crippen LogP contribution in [0.5, 0.6) is 5.75 Å². The summed E-state index contributed by atoms with van der Waals surface area (Å²) in [5.74, 6) is -0.281. The molecule has 5 heteroatoms. The molecular weight excluding hydrogens is 255 g/mol. The molecule has 0 aliphatic heterocycles. The highest BCUT2D eigenvalue weighted by molar-refractivity contribution is 6.29.